The lowest BCUT2D eigenvalue weighted by Crippen LogP contribution is -2.39. The van der Waals surface area contributed by atoms with Gasteiger partial charge in [-0.25, -0.2) is 14.0 Å². The summed E-state index contributed by atoms with van der Waals surface area (Å²) in [5.74, 6) is -0.946. The van der Waals surface area contributed by atoms with Crippen LogP contribution in [0.3, 0.4) is 0 Å². The van der Waals surface area contributed by atoms with Gasteiger partial charge in [0.25, 0.3) is 0 Å². The van der Waals surface area contributed by atoms with Crippen molar-refractivity contribution in [2.45, 2.75) is 19.4 Å². The standard InChI is InChI=1S/C20H20FN3O4/c1-2-28-19(26)13-3-7-15(8-4-13)22-20(27)23-16-11-18(25)24(12-16)17-9-5-14(21)6-10-17/h3-10,16H,2,11-12H2,1H3,(H2,22,23,27)/t16-/m1/s1. The molecular formula is C20H20FN3O4. The predicted octanol–water partition coefficient (Wildman–Crippen LogP) is 2.93. The molecule has 0 bridgehead atoms. The van der Waals surface area contributed by atoms with Gasteiger partial charge >= 0.3 is 12.0 Å². The zero-order valence-electron chi connectivity index (χ0n) is 15.3. The molecule has 7 nitrogen and oxygen atoms in total. The van der Waals surface area contributed by atoms with Gasteiger partial charge in [-0.15, -0.1) is 0 Å². The van der Waals surface area contributed by atoms with Crippen molar-refractivity contribution in [2.75, 3.05) is 23.4 Å². The van der Waals surface area contributed by atoms with Gasteiger partial charge in [0.15, 0.2) is 0 Å². The van der Waals surface area contributed by atoms with E-state index >= 15 is 0 Å². The van der Waals surface area contributed by atoms with Gasteiger partial charge < -0.3 is 20.3 Å². The maximum atomic E-state index is 13.0. The van der Waals surface area contributed by atoms with E-state index in [0.29, 0.717) is 23.5 Å². The number of esters is 1. The first-order valence-corrected chi connectivity index (χ1v) is 8.87. The number of hydrogen-bond donors (Lipinski definition) is 2. The van der Waals surface area contributed by atoms with E-state index in [1.54, 1.807) is 31.2 Å². The predicted molar refractivity (Wildman–Crippen MR) is 102 cm³/mol. The summed E-state index contributed by atoms with van der Waals surface area (Å²) in [5, 5.41) is 5.41. The van der Waals surface area contributed by atoms with E-state index in [2.05, 4.69) is 10.6 Å². The molecule has 146 valence electrons. The number of amides is 3. The van der Waals surface area contributed by atoms with E-state index in [1.807, 2.05) is 0 Å². The van der Waals surface area contributed by atoms with Gasteiger partial charge in [0.2, 0.25) is 5.91 Å². The highest BCUT2D eigenvalue weighted by Crippen LogP contribution is 2.22. The van der Waals surface area contributed by atoms with Crippen molar-refractivity contribution in [1.82, 2.24) is 5.32 Å². The molecule has 2 N–H and O–H groups in total. The second kappa shape index (κ2) is 8.51. The minimum atomic E-state index is -0.456. The molecular weight excluding hydrogens is 365 g/mol. The van der Waals surface area contributed by atoms with Crippen LogP contribution in [0.4, 0.5) is 20.6 Å². The van der Waals surface area contributed by atoms with E-state index in [1.165, 1.54) is 29.2 Å². The van der Waals surface area contributed by atoms with Crippen LogP contribution in [0.15, 0.2) is 48.5 Å². The van der Waals surface area contributed by atoms with Crippen LogP contribution in [0.1, 0.15) is 23.7 Å². The Morgan fingerprint density at radius 2 is 1.82 bits per heavy atom. The number of anilines is 2. The Bertz CT molecular complexity index is 868. The van der Waals surface area contributed by atoms with Crippen LogP contribution >= 0.6 is 0 Å². The zero-order valence-corrected chi connectivity index (χ0v) is 15.3. The third-order valence-corrected chi connectivity index (χ3v) is 4.25. The Balaban J connectivity index is 1.54. The van der Waals surface area contributed by atoms with E-state index in [0.717, 1.165) is 0 Å². The van der Waals surface area contributed by atoms with Crippen LogP contribution in [0.5, 0.6) is 0 Å². The van der Waals surface area contributed by atoms with Crippen molar-refractivity contribution >= 4 is 29.3 Å². The van der Waals surface area contributed by atoms with Crippen LogP contribution in [0.25, 0.3) is 0 Å². The molecule has 2 aromatic carbocycles. The largest absolute Gasteiger partial charge is 0.462 e. The number of halogens is 1. The second-order valence-corrected chi connectivity index (χ2v) is 6.28. The Labute approximate surface area is 161 Å². The monoisotopic (exact) mass is 385 g/mol. The summed E-state index contributed by atoms with van der Waals surface area (Å²) in [6, 6.07) is 11.1. The van der Waals surface area contributed by atoms with Crippen molar-refractivity contribution in [3.05, 3.63) is 59.9 Å². The molecule has 8 heteroatoms. The van der Waals surface area contributed by atoms with Crippen molar-refractivity contribution < 1.29 is 23.5 Å². The van der Waals surface area contributed by atoms with Crippen LogP contribution in [0.2, 0.25) is 0 Å². The minimum absolute atomic E-state index is 0.143. The lowest BCUT2D eigenvalue weighted by Gasteiger charge is -2.17. The molecule has 0 unspecified atom stereocenters. The van der Waals surface area contributed by atoms with Gasteiger partial charge in [-0.3, -0.25) is 4.79 Å². The Morgan fingerprint density at radius 1 is 1.14 bits per heavy atom. The maximum absolute atomic E-state index is 13.0. The lowest BCUT2D eigenvalue weighted by molar-refractivity contribution is -0.117. The van der Waals surface area contributed by atoms with Gasteiger partial charge in [0.05, 0.1) is 18.2 Å². The Hall–Kier alpha value is -3.42. The van der Waals surface area contributed by atoms with Crippen LogP contribution in [0, 0.1) is 5.82 Å². The third-order valence-electron chi connectivity index (χ3n) is 4.25. The average molecular weight is 385 g/mol. The van der Waals surface area contributed by atoms with Crippen LogP contribution < -0.4 is 15.5 Å². The van der Waals surface area contributed by atoms with E-state index < -0.39 is 12.0 Å². The van der Waals surface area contributed by atoms with Crippen molar-refractivity contribution in [3.63, 3.8) is 0 Å². The summed E-state index contributed by atoms with van der Waals surface area (Å²) < 4.78 is 17.9. The van der Waals surface area contributed by atoms with Gasteiger partial charge in [0.1, 0.15) is 5.82 Å². The molecule has 0 radical (unpaired) electrons. The highest BCUT2D eigenvalue weighted by molar-refractivity contribution is 5.97. The molecule has 2 aromatic rings. The first-order chi connectivity index (χ1) is 13.5. The third kappa shape index (κ3) is 4.64. The molecule has 1 heterocycles. The molecule has 1 saturated heterocycles. The molecule has 3 amide bonds. The van der Waals surface area contributed by atoms with Crippen molar-refractivity contribution in [2.24, 2.45) is 0 Å². The number of urea groups is 1. The summed E-state index contributed by atoms with van der Waals surface area (Å²) in [5.41, 5.74) is 1.49. The fourth-order valence-electron chi connectivity index (χ4n) is 2.93. The minimum Gasteiger partial charge on any atom is -0.462 e. The number of carbonyl (C=O) groups is 3. The molecule has 0 aliphatic carbocycles. The highest BCUT2D eigenvalue weighted by atomic mass is 19.1. The number of rotatable bonds is 5. The van der Waals surface area contributed by atoms with Gasteiger partial charge in [-0.1, -0.05) is 0 Å². The number of hydrogen-bond acceptors (Lipinski definition) is 4. The van der Waals surface area contributed by atoms with E-state index in [9.17, 15) is 18.8 Å². The molecule has 0 spiro atoms. The summed E-state index contributed by atoms with van der Waals surface area (Å²) in [6.45, 7) is 2.32. The fourth-order valence-corrected chi connectivity index (χ4v) is 2.93. The van der Waals surface area contributed by atoms with Crippen LogP contribution in [-0.4, -0.2) is 37.1 Å². The quantitative estimate of drug-likeness (QED) is 0.775. The van der Waals surface area contributed by atoms with E-state index in [4.69, 9.17) is 4.74 Å². The number of carbonyl (C=O) groups excluding carboxylic acids is 3. The molecule has 3 rings (SSSR count). The summed E-state index contributed by atoms with van der Waals surface area (Å²) in [7, 11) is 0. The molecule has 28 heavy (non-hydrogen) atoms. The summed E-state index contributed by atoms with van der Waals surface area (Å²) >= 11 is 0. The van der Waals surface area contributed by atoms with Crippen molar-refractivity contribution in [3.8, 4) is 0 Å². The number of nitrogens with zero attached hydrogens (tertiary/aromatic N) is 1. The molecule has 0 saturated carbocycles. The normalized spacial score (nSPS) is 16.0. The zero-order chi connectivity index (χ0) is 20.1. The van der Waals surface area contributed by atoms with Crippen molar-refractivity contribution in [1.29, 1.82) is 0 Å². The number of benzene rings is 2. The second-order valence-electron chi connectivity index (χ2n) is 6.28. The summed E-state index contributed by atoms with van der Waals surface area (Å²) in [4.78, 5) is 37.5. The smallest absolute Gasteiger partial charge is 0.338 e. The average Bonchev–Trinajstić information content (AvgIpc) is 3.03. The Morgan fingerprint density at radius 3 is 2.46 bits per heavy atom. The number of ether oxygens (including phenoxy) is 1. The maximum Gasteiger partial charge on any atom is 0.338 e. The van der Waals surface area contributed by atoms with Crippen LogP contribution in [-0.2, 0) is 9.53 Å². The first-order valence-electron chi connectivity index (χ1n) is 8.87. The molecule has 1 fully saturated rings. The topological polar surface area (TPSA) is 87.7 Å². The number of nitrogens with one attached hydrogen (secondary N) is 2. The highest BCUT2D eigenvalue weighted by Gasteiger charge is 2.31. The summed E-state index contributed by atoms with van der Waals surface area (Å²) in [6.07, 6.45) is 0.159. The molecule has 0 aromatic heterocycles. The van der Waals surface area contributed by atoms with Gasteiger partial charge in [-0.05, 0) is 55.5 Å². The molecule has 1 atom stereocenters. The van der Waals surface area contributed by atoms with Gasteiger partial charge in [0, 0.05) is 24.3 Å². The van der Waals surface area contributed by atoms with Gasteiger partial charge in [-0.2, -0.15) is 0 Å². The van der Waals surface area contributed by atoms with E-state index in [-0.39, 0.29) is 30.8 Å². The SMILES string of the molecule is CCOC(=O)c1ccc(NC(=O)N[C@@H]2CC(=O)N(c3ccc(F)cc3)C2)cc1. The molecule has 1 aliphatic rings. The fraction of sp³-hybridized carbons (Fsp3) is 0.250. The Kier molecular flexibility index (Phi) is 5.88. The molecule has 1 aliphatic heterocycles. The first kappa shape index (κ1) is 19.3. The lowest BCUT2D eigenvalue weighted by atomic mass is 10.2.